The lowest BCUT2D eigenvalue weighted by molar-refractivity contribution is -0.112. The van der Waals surface area contributed by atoms with Gasteiger partial charge < -0.3 is 10.3 Å². The minimum Gasteiger partial charge on any atom is -0.508 e. The van der Waals surface area contributed by atoms with Crippen molar-refractivity contribution in [3.8, 4) is 5.75 Å². The first-order chi connectivity index (χ1) is 14.9. The first kappa shape index (κ1) is 20.8. The normalized spacial score (nSPS) is 19.7. The van der Waals surface area contributed by atoms with Crippen LogP contribution in [0.3, 0.4) is 0 Å². The van der Waals surface area contributed by atoms with Crippen molar-refractivity contribution in [2.75, 3.05) is 4.90 Å². The fourth-order valence-electron chi connectivity index (χ4n) is 3.84. The number of ketones is 1. The van der Waals surface area contributed by atoms with Crippen molar-refractivity contribution >= 4 is 39.0 Å². The molecule has 2 unspecified atom stereocenters. The highest BCUT2D eigenvalue weighted by molar-refractivity contribution is 9.10. The molecular formula is C24H19BrN2O4. The maximum absolute atomic E-state index is 13.5. The van der Waals surface area contributed by atoms with Crippen LogP contribution < -0.4 is 4.90 Å². The van der Waals surface area contributed by atoms with Gasteiger partial charge in [0.15, 0.2) is 11.5 Å². The molecule has 0 radical (unpaired) electrons. The molecule has 6 nitrogen and oxygen atoms in total. The van der Waals surface area contributed by atoms with Crippen molar-refractivity contribution in [3.63, 3.8) is 0 Å². The molecule has 3 aromatic rings. The van der Waals surface area contributed by atoms with E-state index >= 15 is 0 Å². The summed E-state index contributed by atoms with van der Waals surface area (Å²) in [5, 5.41) is 22.6. The summed E-state index contributed by atoms with van der Waals surface area (Å²) in [6.45, 7) is 1.92. The Balaban J connectivity index is 1.88. The Morgan fingerprint density at radius 3 is 2.16 bits per heavy atom. The Bertz CT molecular complexity index is 1160. The number of carbonyl (C=O) groups is 2. The number of hydrogen-bond donors (Lipinski definition) is 2. The topological polar surface area (TPSA) is 90.2 Å². The van der Waals surface area contributed by atoms with E-state index in [0.29, 0.717) is 16.8 Å². The van der Waals surface area contributed by atoms with Gasteiger partial charge in [-0.05, 0) is 48.9 Å². The van der Waals surface area contributed by atoms with E-state index in [1.54, 1.807) is 24.3 Å². The van der Waals surface area contributed by atoms with Crippen LogP contribution in [0, 0.1) is 12.8 Å². The van der Waals surface area contributed by atoms with Gasteiger partial charge >= 0.3 is 0 Å². The van der Waals surface area contributed by atoms with Gasteiger partial charge in [-0.3, -0.25) is 14.5 Å². The molecule has 1 aliphatic heterocycles. The molecule has 1 saturated heterocycles. The number of nitrogens with zero attached hydrogens (tertiary/aromatic N) is 2. The highest BCUT2D eigenvalue weighted by Crippen LogP contribution is 2.42. The molecule has 2 atom stereocenters. The maximum atomic E-state index is 13.5. The third-order valence-corrected chi connectivity index (χ3v) is 5.92. The van der Waals surface area contributed by atoms with Gasteiger partial charge in [0.25, 0.3) is 5.91 Å². The molecule has 0 spiro atoms. The highest BCUT2D eigenvalue weighted by atomic mass is 79.9. The van der Waals surface area contributed by atoms with Crippen LogP contribution in [-0.2, 0) is 4.79 Å². The maximum Gasteiger partial charge on any atom is 0.277 e. The molecule has 3 aromatic carbocycles. The van der Waals surface area contributed by atoms with E-state index in [2.05, 4.69) is 21.1 Å². The second-order valence-electron chi connectivity index (χ2n) is 7.38. The van der Waals surface area contributed by atoms with E-state index in [1.807, 2.05) is 43.3 Å². The van der Waals surface area contributed by atoms with Crippen molar-refractivity contribution in [1.82, 2.24) is 0 Å². The van der Waals surface area contributed by atoms with Gasteiger partial charge in [-0.15, -0.1) is 0 Å². The van der Waals surface area contributed by atoms with Crippen LogP contribution in [0.2, 0.25) is 0 Å². The molecule has 0 saturated carbocycles. The number of aromatic hydroxyl groups is 1. The summed E-state index contributed by atoms with van der Waals surface area (Å²) in [5.74, 6) is -1.82. The summed E-state index contributed by atoms with van der Waals surface area (Å²) in [6, 6.07) is 19.8. The molecule has 0 bridgehead atoms. The van der Waals surface area contributed by atoms with Crippen LogP contribution in [0.25, 0.3) is 0 Å². The number of benzene rings is 3. The molecule has 7 heteroatoms. The minimum absolute atomic E-state index is 0.0546. The zero-order valence-electron chi connectivity index (χ0n) is 16.6. The van der Waals surface area contributed by atoms with E-state index in [9.17, 15) is 19.9 Å². The Morgan fingerprint density at radius 1 is 0.968 bits per heavy atom. The van der Waals surface area contributed by atoms with Gasteiger partial charge in [0.1, 0.15) is 5.75 Å². The number of halogens is 1. The lowest BCUT2D eigenvalue weighted by atomic mass is 9.85. The fraction of sp³-hybridized carbons (Fsp3) is 0.125. The zero-order chi connectivity index (χ0) is 22.1. The molecule has 1 amide bonds. The van der Waals surface area contributed by atoms with Crippen molar-refractivity contribution in [2.24, 2.45) is 11.1 Å². The van der Waals surface area contributed by atoms with Crippen molar-refractivity contribution in [3.05, 3.63) is 94.0 Å². The van der Waals surface area contributed by atoms with Crippen LogP contribution in [-0.4, -0.2) is 27.7 Å². The average Bonchev–Trinajstić information content (AvgIpc) is 3.07. The van der Waals surface area contributed by atoms with E-state index < -0.39 is 17.9 Å². The molecule has 0 aliphatic carbocycles. The molecule has 0 aromatic heterocycles. The van der Waals surface area contributed by atoms with Crippen LogP contribution in [0.5, 0.6) is 5.75 Å². The van der Waals surface area contributed by atoms with Crippen LogP contribution in [0.4, 0.5) is 5.69 Å². The highest BCUT2D eigenvalue weighted by Gasteiger charge is 2.51. The van der Waals surface area contributed by atoms with Gasteiger partial charge in [0, 0.05) is 15.7 Å². The number of anilines is 1. The molecule has 1 aliphatic rings. The lowest BCUT2D eigenvalue weighted by Crippen LogP contribution is -2.30. The molecule has 156 valence electrons. The molecule has 1 heterocycles. The number of oxime groups is 1. The smallest absolute Gasteiger partial charge is 0.277 e. The van der Waals surface area contributed by atoms with E-state index in [0.717, 1.165) is 10.0 Å². The quantitative estimate of drug-likeness (QED) is 0.317. The summed E-state index contributed by atoms with van der Waals surface area (Å²) in [4.78, 5) is 28.3. The minimum atomic E-state index is -1.00. The summed E-state index contributed by atoms with van der Waals surface area (Å²) < 4.78 is 0.856. The Kier molecular flexibility index (Phi) is 5.61. The van der Waals surface area contributed by atoms with Gasteiger partial charge in [0.2, 0.25) is 0 Å². The monoisotopic (exact) mass is 478 g/mol. The fourth-order valence-corrected chi connectivity index (χ4v) is 4.11. The van der Waals surface area contributed by atoms with Gasteiger partial charge in [-0.1, -0.05) is 63.0 Å². The Morgan fingerprint density at radius 2 is 1.58 bits per heavy atom. The lowest BCUT2D eigenvalue weighted by Gasteiger charge is -2.27. The predicted octanol–water partition coefficient (Wildman–Crippen LogP) is 4.88. The number of hydrogen-bond acceptors (Lipinski definition) is 5. The molecule has 2 N–H and O–H groups in total. The van der Waals surface area contributed by atoms with Crippen molar-refractivity contribution < 1.29 is 19.9 Å². The number of Topliss-reactive ketones (excluding diaryl/α,β-unsaturated/α-hetero) is 1. The van der Waals surface area contributed by atoms with E-state index in [4.69, 9.17) is 0 Å². The summed E-state index contributed by atoms with van der Waals surface area (Å²) in [5.41, 5.74) is 2.42. The number of carbonyl (C=O) groups excluding carboxylic acids is 2. The van der Waals surface area contributed by atoms with Crippen LogP contribution in [0.1, 0.15) is 27.5 Å². The standard InChI is InChI=1S/C24H19BrN2O4/c1-14-2-4-16(5-3-14)23(29)20-21(26-31)24(30)27(18-10-12-19(28)13-11-18)22(20)15-6-8-17(25)9-7-15/h2-13,20,22,28,31H,1H3/b26-21-. The second kappa shape index (κ2) is 8.35. The summed E-state index contributed by atoms with van der Waals surface area (Å²) in [7, 11) is 0. The van der Waals surface area contributed by atoms with Crippen molar-refractivity contribution in [1.29, 1.82) is 0 Å². The molecule has 4 rings (SSSR count). The largest absolute Gasteiger partial charge is 0.508 e. The van der Waals surface area contributed by atoms with Crippen LogP contribution in [0.15, 0.2) is 82.4 Å². The average molecular weight is 479 g/mol. The third-order valence-electron chi connectivity index (χ3n) is 5.39. The number of rotatable bonds is 4. The van der Waals surface area contributed by atoms with Gasteiger partial charge in [-0.25, -0.2) is 0 Å². The molecule has 31 heavy (non-hydrogen) atoms. The van der Waals surface area contributed by atoms with Gasteiger partial charge in [0.05, 0.1) is 12.0 Å². The third kappa shape index (κ3) is 3.84. The number of aryl methyl sites for hydroxylation is 1. The summed E-state index contributed by atoms with van der Waals surface area (Å²) in [6.07, 6.45) is 0. The number of phenols is 1. The Labute approximate surface area is 187 Å². The summed E-state index contributed by atoms with van der Waals surface area (Å²) >= 11 is 3.41. The van der Waals surface area contributed by atoms with E-state index in [1.165, 1.54) is 17.0 Å². The zero-order valence-corrected chi connectivity index (χ0v) is 18.2. The molecule has 1 fully saturated rings. The van der Waals surface area contributed by atoms with Gasteiger partial charge in [-0.2, -0.15) is 0 Å². The number of phenolic OH excluding ortho intramolecular Hbond substituents is 1. The second-order valence-corrected chi connectivity index (χ2v) is 8.30. The molecular weight excluding hydrogens is 460 g/mol. The van der Waals surface area contributed by atoms with Crippen LogP contribution >= 0.6 is 15.9 Å². The number of amides is 1. The first-order valence-corrected chi connectivity index (χ1v) is 10.4. The predicted molar refractivity (Wildman–Crippen MR) is 121 cm³/mol. The van der Waals surface area contributed by atoms with Crippen molar-refractivity contribution in [2.45, 2.75) is 13.0 Å². The first-order valence-electron chi connectivity index (χ1n) is 9.61. The van der Waals surface area contributed by atoms with E-state index in [-0.39, 0.29) is 17.2 Å². The Hall–Kier alpha value is -3.45. The SMILES string of the molecule is Cc1ccc(C(=O)C2/C(=N/O)C(=O)N(c3ccc(O)cc3)C2c2ccc(Br)cc2)cc1.